The van der Waals surface area contributed by atoms with Crippen LogP contribution in [0.15, 0.2) is 41.3 Å². The highest BCUT2D eigenvalue weighted by molar-refractivity contribution is 7.89. The van der Waals surface area contributed by atoms with E-state index in [0.29, 0.717) is 30.4 Å². The molecule has 0 unspecified atom stereocenters. The van der Waals surface area contributed by atoms with Crippen molar-refractivity contribution in [3.05, 3.63) is 59.2 Å². The maximum absolute atomic E-state index is 13.8. The molecular weight excluding hydrogens is 386 g/mol. The van der Waals surface area contributed by atoms with Crippen LogP contribution in [-0.4, -0.2) is 20.9 Å². The van der Waals surface area contributed by atoms with Crippen LogP contribution in [0.4, 0.5) is 14.5 Å². The Labute approximate surface area is 162 Å². The Bertz CT molecular complexity index is 1040. The zero-order chi connectivity index (χ0) is 19.9. The van der Waals surface area contributed by atoms with E-state index in [0.717, 1.165) is 42.8 Å². The SMILES string of the molecule is O=C1CCc2cc(CNS(=O)(=O)c3ccc(F)cc3F)ccc2N1CC1CC1. The number of amides is 1. The quantitative estimate of drug-likeness (QED) is 0.802. The lowest BCUT2D eigenvalue weighted by Crippen LogP contribution is -2.36. The molecule has 2 aromatic rings. The van der Waals surface area contributed by atoms with E-state index >= 15 is 0 Å². The molecule has 0 spiro atoms. The molecule has 8 heteroatoms. The lowest BCUT2D eigenvalue weighted by molar-refractivity contribution is -0.118. The van der Waals surface area contributed by atoms with Gasteiger partial charge in [0.25, 0.3) is 0 Å². The number of anilines is 1. The molecule has 1 N–H and O–H groups in total. The monoisotopic (exact) mass is 406 g/mol. The zero-order valence-electron chi connectivity index (χ0n) is 15.1. The summed E-state index contributed by atoms with van der Waals surface area (Å²) in [5, 5.41) is 0. The van der Waals surface area contributed by atoms with Crippen molar-refractivity contribution < 1.29 is 22.0 Å². The molecule has 1 saturated carbocycles. The predicted octanol–water partition coefficient (Wildman–Crippen LogP) is 3.13. The third-order valence-corrected chi connectivity index (χ3v) is 6.57. The number of sulfonamides is 1. The average Bonchev–Trinajstić information content (AvgIpc) is 3.46. The molecule has 1 fully saturated rings. The number of nitrogens with one attached hydrogen (secondary N) is 1. The van der Waals surface area contributed by atoms with Gasteiger partial charge < -0.3 is 4.90 Å². The minimum absolute atomic E-state index is 0.0248. The first-order valence-corrected chi connectivity index (χ1v) is 10.7. The highest BCUT2D eigenvalue weighted by Crippen LogP contribution is 2.35. The van der Waals surface area contributed by atoms with Gasteiger partial charge in [0, 0.05) is 31.3 Å². The lowest BCUT2D eigenvalue weighted by Gasteiger charge is -2.30. The Hall–Kier alpha value is -2.32. The largest absolute Gasteiger partial charge is 0.312 e. The molecule has 0 atom stereocenters. The summed E-state index contributed by atoms with van der Waals surface area (Å²) in [6.07, 6.45) is 3.36. The maximum atomic E-state index is 13.8. The summed E-state index contributed by atoms with van der Waals surface area (Å²) < 4.78 is 53.8. The van der Waals surface area contributed by atoms with Gasteiger partial charge in [-0.25, -0.2) is 21.9 Å². The Balaban J connectivity index is 1.50. The van der Waals surface area contributed by atoms with Crippen LogP contribution in [0.2, 0.25) is 0 Å². The van der Waals surface area contributed by atoms with Gasteiger partial charge in [0.15, 0.2) is 0 Å². The summed E-state index contributed by atoms with van der Waals surface area (Å²) in [6.45, 7) is 0.713. The standard InChI is InChI=1S/C20H20F2N2O3S/c21-16-5-7-19(17(22)10-16)28(26,27)23-11-14-3-6-18-15(9-14)4-8-20(25)24(18)12-13-1-2-13/h3,5-7,9-10,13,23H,1-2,4,8,11-12H2. The summed E-state index contributed by atoms with van der Waals surface area (Å²) >= 11 is 0. The van der Waals surface area contributed by atoms with E-state index in [2.05, 4.69) is 4.72 Å². The van der Waals surface area contributed by atoms with E-state index < -0.39 is 26.6 Å². The van der Waals surface area contributed by atoms with Crippen LogP contribution in [0.5, 0.6) is 0 Å². The predicted molar refractivity (Wildman–Crippen MR) is 100 cm³/mol. The molecule has 28 heavy (non-hydrogen) atoms. The van der Waals surface area contributed by atoms with Crippen LogP contribution in [0.3, 0.4) is 0 Å². The molecule has 1 aliphatic carbocycles. The highest BCUT2D eigenvalue weighted by Gasteiger charge is 2.31. The Morgan fingerprint density at radius 3 is 2.57 bits per heavy atom. The maximum Gasteiger partial charge on any atom is 0.243 e. The molecule has 1 aliphatic heterocycles. The number of fused-ring (bicyclic) bond motifs is 1. The van der Waals surface area contributed by atoms with Crippen molar-refractivity contribution in [2.45, 2.75) is 37.1 Å². The van der Waals surface area contributed by atoms with Crippen LogP contribution in [0.25, 0.3) is 0 Å². The number of carbonyl (C=O) groups is 1. The molecule has 1 amide bonds. The number of halogens is 2. The Morgan fingerprint density at radius 1 is 1.07 bits per heavy atom. The van der Waals surface area contributed by atoms with Crippen LogP contribution in [0.1, 0.15) is 30.4 Å². The zero-order valence-corrected chi connectivity index (χ0v) is 15.9. The summed E-state index contributed by atoms with van der Waals surface area (Å²) in [6, 6.07) is 7.84. The summed E-state index contributed by atoms with van der Waals surface area (Å²) in [7, 11) is -4.11. The second kappa shape index (κ2) is 7.25. The van der Waals surface area contributed by atoms with Gasteiger partial charge in [-0.05, 0) is 54.5 Å². The third kappa shape index (κ3) is 3.93. The highest BCUT2D eigenvalue weighted by atomic mass is 32.2. The van der Waals surface area contributed by atoms with Crippen molar-refractivity contribution in [3.63, 3.8) is 0 Å². The van der Waals surface area contributed by atoms with Gasteiger partial charge in [-0.2, -0.15) is 0 Å². The second-order valence-electron chi connectivity index (χ2n) is 7.31. The van der Waals surface area contributed by atoms with Crippen molar-refractivity contribution in [2.75, 3.05) is 11.4 Å². The van der Waals surface area contributed by atoms with Crippen molar-refractivity contribution >= 4 is 21.6 Å². The molecule has 2 aliphatic rings. The number of hydrogen-bond acceptors (Lipinski definition) is 3. The van der Waals surface area contributed by atoms with Crippen LogP contribution in [-0.2, 0) is 27.8 Å². The minimum Gasteiger partial charge on any atom is -0.312 e. The number of aryl methyl sites for hydroxylation is 1. The Kier molecular flexibility index (Phi) is 4.93. The van der Waals surface area contributed by atoms with Gasteiger partial charge in [-0.15, -0.1) is 0 Å². The third-order valence-electron chi connectivity index (χ3n) is 5.13. The van der Waals surface area contributed by atoms with E-state index in [9.17, 15) is 22.0 Å². The molecule has 0 radical (unpaired) electrons. The smallest absolute Gasteiger partial charge is 0.243 e. The molecule has 2 aromatic carbocycles. The van der Waals surface area contributed by atoms with Gasteiger partial charge in [0.1, 0.15) is 16.5 Å². The van der Waals surface area contributed by atoms with Gasteiger partial charge in [0.05, 0.1) is 0 Å². The van der Waals surface area contributed by atoms with E-state index in [-0.39, 0.29) is 12.5 Å². The van der Waals surface area contributed by atoms with Crippen LogP contribution in [0, 0.1) is 17.6 Å². The molecule has 0 bridgehead atoms. The molecule has 5 nitrogen and oxygen atoms in total. The van der Waals surface area contributed by atoms with Gasteiger partial charge in [-0.1, -0.05) is 12.1 Å². The van der Waals surface area contributed by atoms with E-state index in [4.69, 9.17) is 0 Å². The number of benzene rings is 2. The fourth-order valence-electron chi connectivity index (χ4n) is 3.43. The number of nitrogens with zero attached hydrogens (tertiary/aromatic N) is 1. The first kappa shape index (κ1) is 19.0. The van der Waals surface area contributed by atoms with Gasteiger partial charge >= 0.3 is 0 Å². The Morgan fingerprint density at radius 2 is 1.86 bits per heavy atom. The van der Waals surface area contributed by atoms with E-state index in [1.165, 1.54) is 0 Å². The number of hydrogen-bond donors (Lipinski definition) is 1. The van der Waals surface area contributed by atoms with E-state index in [1.807, 2.05) is 17.0 Å². The first-order chi connectivity index (χ1) is 13.3. The molecule has 148 valence electrons. The fourth-order valence-corrected chi connectivity index (χ4v) is 4.51. The average molecular weight is 406 g/mol. The fraction of sp³-hybridized carbons (Fsp3) is 0.350. The molecular formula is C20H20F2N2O3S. The first-order valence-electron chi connectivity index (χ1n) is 9.20. The number of rotatable bonds is 6. The van der Waals surface area contributed by atoms with Crippen molar-refractivity contribution in [3.8, 4) is 0 Å². The van der Waals surface area contributed by atoms with Crippen molar-refractivity contribution in [1.82, 2.24) is 4.72 Å². The molecule has 1 heterocycles. The van der Waals surface area contributed by atoms with Crippen molar-refractivity contribution in [2.24, 2.45) is 5.92 Å². The summed E-state index contributed by atoms with van der Waals surface area (Å²) in [5.74, 6) is -1.27. The van der Waals surface area contributed by atoms with Gasteiger partial charge in [0.2, 0.25) is 15.9 Å². The normalized spacial score (nSPS) is 16.9. The summed E-state index contributed by atoms with van der Waals surface area (Å²) in [4.78, 5) is 13.5. The minimum atomic E-state index is -4.11. The topological polar surface area (TPSA) is 66.5 Å². The molecule has 0 saturated heterocycles. The van der Waals surface area contributed by atoms with Crippen molar-refractivity contribution in [1.29, 1.82) is 0 Å². The van der Waals surface area contributed by atoms with Crippen LogP contribution >= 0.6 is 0 Å². The molecule has 4 rings (SSSR count). The van der Waals surface area contributed by atoms with Crippen LogP contribution < -0.4 is 9.62 Å². The van der Waals surface area contributed by atoms with E-state index in [1.54, 1.807) is 6.07 Å². The second-order valence-corrected chi connectivity index (χ2v) is 9.05. The number of carbonyl (C=O) groups excluding carboxylic acids is 1. The molecule has 0 aromatic heterocycles. The lowest BCUT2D eigenvalue weighted by atomic mass is 9.98. The van der Waals surface area contributed by atoms with Gasteiger partial charge in [-0.3, -0.25) is 4.79 Å². The summed E-state index contributed by atoms with van der Waals surface area (Å²) in [5.41, 5.74) is 2.61.